The van der Waals surface area contributed by atoms with Gasteiger partial charge in [0.15, 0.2) is 0 Å². The van der Waals surface area contributed by atoms with Gasteiger partial charge in [-0.3, -0.25) is 14.4 Å². The number of rotatable bonds is 7. The Hall–Kier alpha value is -3.35. The number of fused-ring (bicyclic) bond motifs is 1. The number of H-pyrrole nitrogens is 1. The second-order valence-corrected chi connectivity index (χ2v) is 8.32. The zero-order valence-corrected chi connectivity index (χ0v) is 17.7. The van der Waals surface area contributed by atoms with E-state index < -0.39 is 0 Å². The van der Waals surface area contributed by atoms with Gasteiger partial charge in [0.2, 0.25) is 6.41 Å². The first kappa shape index (κ1) is 20.9. The Labute approximate surface area is 181 Å². The number of carbonyl (C=O) groups is 3. The lowest BCUT2D eigenvalue weighted by Crippen LogP contribution is -2.33. The number of aromatic amines is 1. The van der Waals surface area contributed by atoms with E-state index in [-0.39, 0.29) is 11.8 Å². The molecule has 7 nitrogen and oxygen atoms in total. The van der Waals surface area contributed by atoms with Gasteiger partial charge in [-0.25, -0.2) is 0 Å². The Morgan fingerprint density at radius 1 is 1.26 bits per heavy atom. The molecule has 1 fully saturated rings. The van der Waals surface area contributed by atoms with Crippen molar-refractivity contribution in [3.8, 4) is 0 Å². The molecule has 0 spiro atoms. The maximum absolute atomic E-state index is 12.6. The first-order valence-electron chi connectivity index (χ1n) is 10.8. The molecule has 0 radical (unpaired) electrons. The molecule has 7 heteroatoms. The molecule has 3 N–H and O–H groups in total. The smallest absolute Gasteiger partial charge is 0.267 e. The Balaban J connectivity index is 1.32. The third-order valence-electron chi connectivity index (χ3n) is 6.17. The molecule has 0 atom stereocenters. The summed E-state index contributed by atoms with van der Waals surface area (Å²) in [4.78, 5) is 40.7. The summed E-state index contributed by atoms with van der Waals surface area (Å²) in [5.74, 6) is 0.347. The summed E-state index contributed by atoms with van der Waals surface area (Å²) in [7, 11) is 0. The van der Waals surface area contributed by atoms with E-state index in [0.717, 1.165) is 67.7 Å². The van der Waals surface area contributed by atoms with E-state index in [0.29, 0.717) is 23.7 Å². The van der Waals surface area contributed by atoms with Crippen LogP contribution >= 0.6 is 0 Å². The number of benzene rings is 1. The number of para-hydroxylation sites is 1. The summed E-state index contributed by atoms with van der Waals surface area (Å²) >= 11 is 0. The van der Waals surface area contributed by atoms with E-state index in [4.69, 9.17) is 0 Å². The highest BCUT2D eigenvalue weighted by molar-refractivity contribution is 6.34. The van der Waals surface area contributed by atoms with Gasteiger partial charge in [0, 0.05) is 36.6 Å². The average molecular weight is 421 g/mol. The molecule has 2 aromatic rings. The van der Waals surface area contributed by atoms with E-state index in [1.165, 1.54) is 0 Å². The van der Waals surface area contributed by atoms with Gasteiger partial charge in [0.25, 0.3) is 11.8 Å². The number of aryl methyl sites for hydroxylation is 1. The third kappa shape index (κ3) is 4.71. The highest BCUT2D eigenvalue weighted by Crippen LogP contribution is 2.33. The fourth-order valence-electron chi connectivity index (χ4n) is 4.31. The Morgan fingerprint density at radius 2 is 2.03 bits per heavy atom. The number of amides is 3. The van der Waals surface area contributed by atoms with Gasteiger partial charge < -0.3 is 20.5 Å². The molecule has 4 rings (SSSR count). The monoisotopic (exact) mass is 420 g/mol. The molecule has 2 aliphatic heterocycles. The molecule has 0 bridgehead atoms. The molecule has 0 saturated carbocycles. The van der Waals surface area contributed by atoms with Crippen molar-refractivity contribution in [2.45, 2.75) is 32.6 Å². The molecule has 3 amide bonds. The summed E-state index contributed by atoms with van der Waals surface area (Å²) in [6, 6.07) is 9.39. The first-order valence-corrected chi connectivity index (χ1v) is 10.8. The number of aromatic nitrogens is 1. The number of nitrogens with zero attached hydrogens (tertiary/aromatic N) is 1. The second-order valence-electron chi connectivity index (χ2n) is 8.32. The fourth-order valence-corrected chi connectivity index (χ4v) is 4.31. The SMILES string of the molecule is Cc1cc(C(=O)NCCCC2CCN(C=O)CC2)[nH]c1/C=C1/C(=O)Nc2ccccc21. The van der Waals surface area contributed by atoms with E-state index in [1.807, 2.05) is 42.2 Å². The van der Waals surface area contributed by atoms with Gasteiger partial charge in [-0.2, -0.15) is 0 Å². The zero-order valence-electron chi connectivity index (χ0n) is 17.7. The van der Waals surface area contributed by atoms with Crippen LogP contribution in [-0.4, -0.2) is 47.7 Å². The summed E-state index contributed by atoms with van der Waals surface area (Å²) in [5.41, 5.74) is 4.43. The predicted octanol–water partition coefficient (Wildman–Crippen LogP) is 3.19. The fraction of sp³-hybridized carbons (Fsp3) is 0.375. The number of nitrogens with one attached hydrogen (secondary N) is 3. The van der Waals surface area contributed by atoms with E-state index in [2.05, 4.69) is 15.6 Å². The Morgan fingerprint density at radius 3 is 2.81 bits per heavy atom. The van der Waals surface area contributed by atoms with Crippen molar-refractivity contribution in [1.82, 2.24) is 15.2 Å². The van der Waals surface area contributed by atoms with Crippen molar-refractivity contribution in [1.29, 1.82) is 0 Å². The molecule has 162 valence electrons. The molecule has 1 aromatic heterocycles. The van der Waals surface area contributed by atoms with Crippen LogP contribution in [0.5, 0.6) is 0 Å². The van der Waals surface area contributed by atoms with Crippen LogP contribution in [0.3, 0.4) is 0 Å². The molecular formula is C24H28N4O3. The minimum absolute atomic E-state index is 0.139. The van der Waals surface area contributed by atoms with Crippen molar-refractivity contribution in [3.05, 3.63) is 52.8 Å². The highest BCUT2D eigenvalue weighted by Gasteiger charge is 2.24. The summed E-state index contributed by atoms with van der Waals surface area (Å²) in [5, 5.41) is 5.84. The van der Waals surface area contributed by atoms with Gasteiger partial charge >= 0.3 is 0 Å². The Bertz CT molecular complexity index is 1020. The molecule has 2 aliphatic rings. The highest BCUT2D eigenvalue weighted by atomic mass is 16.2. The number of hydrogen-bond donors (Lipinski definition) is 3. The van der Waals surface area contributed by atoms with Gasteiger partial charge in [-0.1, -0.05) is 18.2 Å². The summed E-state index contributed by atoms with van der Waals surface area (Å²) in [6.07, 6.45) is 6.79. The number of likely N-dealkylation sites (tertiary alicyclic amines) is 1. The lowest BCUT2D eigenvalue weighted by atomic mass is 9.92. The molecule has 0 unspecified atom stereocenters. The van der Waals surface area contributed by atoms with Crippen molar-refractivity contribution >= 4 is 35.6 Å². The van der Waals surface area contributed by atoms with Crippen molar-refractivity contribution < 1.29 is 14.4 Å². The van der Waals surface area contributed by atoms with Crippen LogP contribution in [-0.2, 0) is 9.59 Å². The maximum Gasteiger partial charge on any atom is 0.267 e. The van der Waals surface area contributed by atoms with Crippen LogP contribution in [0.4, 0.5) is 5.69 Å². The summed E-state index contributed by atoms with van der Waals surface area (Å²) in [6.45, 7) is 4.22. The van der Waals surface area contributed by atoms with Crippen LogP contribution in [0.2, 0.25) is 0 Å². The lowest BCUT2D eigenvalue weighted by Gasteiger charge is -2.29. The van der Waals surface area contributed by atoms with Gasteiger partial charge in [0.1, 0.15) is 5.69 Å². The van der Waals surface area contributed by atoms with Crippen molar-refractivity contribution in [3.63, 3.8) is 0 Å². The molecule has 3 heterocycles. The van der Waals surface area contributed by atoms with Crippen LogP contribution < -0.4 is 10.6 Å². The molecule has 0 aliphatic carbocycles. The van der Waals surface area contributed by atoms with E-state index in [9.17, 15) is 14.4 Å². The van der Waals surface area contributed by atoms with Gasteiger partial charge in [-0.05, 0) is 62.3 Å². The number of piperidine rings is 1. The average Bonchev–Trinajstić information content (AvgIpc) is 3.31. The third-order valence-corrected chi connectivity index (χ3v) is 6.17. The quantitative estimate of drug-likeness (QED) is 0.365. The maximum atomic E-state index is 12.6. The zero-order chi connectivity index (χ0) is 21.8. The standard InChI is InChI=1S/C24H28N4O3/c1-16-13-22(24(31)25-10-4-5-17-8-11-28(15-29)12-9-17)26-21(16)14-19-18-6-2-3-7-20(18)27-23(19)30/h2-3,6-7,13-15,17,26H,4-5,8-12H2,1H3,(H,25,31)(H,27,30)/b19-14+. The van der Waals surface area contributed by atoms with Gasteiger partial charge in [-0.15, -0.1) is 0 Å². The van der Waals surface area contributed by atoms with Crippen LogP contribution in [0, 0.1) is 12.8 Å². The van der Waals surface area contributed by atoms with E-state index >= 15 is 0 Å². The first-order chi connectivity index (χ1) is 15.0. The Kier molecular flexibility index (Phi) is 6.21. The minimum atomic E-state index is -0.139. The molecule has 1 saturated heterocycles. The van der Waals surface area contributed by atoms with Crippen LogP contribution in [0.1, 0.15) is 53.0 Å². The predicted molar refractivity (Wildman–Crippen MR) is 120 cm³/mol. The largest absolute Gasteiger partial charge is 0.351 e. The number of anilines is 1. The van der Waals surface area contributed by atoms with Gasteiger partial charge in [0.05, 0.1) is 5.57 Å². The normalized spacial score (nSPS) is 17.5. The van der Waals surface area contributed by atoms with Crippen molar-refractivity contribution in [2.24, 2.45) is 5.92 Å². The van der Waals surface area contributed by atoms with Crippen LogP contribution in [0.15, 0.2) is 30.3 Å². The lowest BCUT2D eigenvalue weighted by molar-refractivity contribution is -0.119. The summed E-state index contributed by atoms with van der Waals surface area (Å²) < 4.78 is 0. The molecular weight excluding hydrogens is 392 g/mol. The molecule has 31 heavy (non-hydrogen) atoms. The van der Waals surface area contributed by atoms with Crippen LogP contribution in [0.25, 0.3) is 11.6 Å². The second kappa shape index (κ2) is 9.20. The minimum Gasteiger partial charge on any atom is -0.351 e. The van der Waals surface area contributed by atoms with E-state index in [1.54, 1.807) is 6.08 Å². The number of carbonyl (C=O) groups excluding carboxylic acids is 3. The van der Waals surface area contributed by atoms with Crippen molar-refractivity contribution in [2.75, 3.05) is 25.0 Å². The number of hydrogen-bond acceptors (Lipinski definition) is 3. The molecule has 1 aromatic carbocycles. The topological polar surface area (TPSA) is 94.3 Å².